The number of hydrogen-bond acceptors (Lipinski definition) is 2. The minimum Gasteiger partial charge on any atom is -0.466 e. The lowest BCUT2D eigenvalue weighted by Crippen LogP contribution is -2.27. The van der Waals surface area contributed by atoms with Crippen LogP contribution in [0.3, 0.4) is 0 Å². The number of allylic oxidation sites excluding steroid dienone is 2. The number of carbonyl (C=O) groups excluding carboxylic acids is 1. The molecule has 0 bridgehead atoms. The summed E-state index contributed by atoms with van der Waals surface area (Å²) in [7, 11) is 0. The fourth-order valence-corrected chi connectivity index (χ4v) is 2.12. The van der Waals surface area contributed by atoms with Crippen molar-refractivity contribution in [1.29, 1.82) is 0 Å². The van der Waals surface area contributed by atoms with Crippen LogP contribution < -0.4 is 0 Å². The Morgan fingerprint density at radius 3 is 2.80 bits per heavy atom. The van der Waals surface area contributed by atoms with Gasteiger partial charge in [-0.1, -0.05) is 32.4 Å². The van der Waals surface area contributed by atoms with Crippen molar-refractivity contribution in [2.45, 2.75) is 47.0 Å². The summed E-state index contributed by atoms with van der Waals surface area (Å²) < 4.78 is 5.15. The van der Waals surface area contributed by atoms with E-state index in [-0.39, 0.29) is 11.4 Å². The van der Waals surface area contributed by atoms with Gasteiger partial charge in [-0.05, 0) is 25.7 Å². The zero-order valence-corrected chi connectivity index (χ0v) is 10.3. The number of hydrogen-bond donors (Lipinski definition) is 0. The van der Waals surface area contributed by atoms with E-state index in [1.807, 2.05) is 6.92 Å². The third kappa shape index (κ3) is 2.61. The van der Waals surface area contributed by atoms with Crippen molar-refractivity contribution >= 4 is 5.97 Å². The Bertz CT molecular complexity index is 268. The molecule has 2 unspecified atom stereocenters. The monoisotopic (exact) mass is 210 g/mol. The summed E-state index contributed by atoms with van der Waals surface area (Å²) in [6.07, 6.45) is 4.75. The van der Waals surface area contributed by atoms with Gasteiger partial charge in [-0.3, -0.25) is 4.79 Å². The van der Waals surface area contributed by atoms with Gasteiger partial charge in [0.1, 0.15) is 0 Å². The lowest BCUT2D eigenvalue weighted by molar-refractivity contribution is -0.146. The first-order valence-corrected chi connectivity index (χ1v) is 5.83. The first-order chi connectivity index (χ1) is 7.00. The molecule has 0 aromatic rings. The summed E-state index contributed by atoms with van der Waals surface area (Å²) in [4.78, 5) is 11.6. The van der Waals surface area contributed by atoms with E-state index in [9.17, 15) is 4.79 Å². The zero-order valence-electron chi connectivity index (χ0n) is 10.3. The van der Waals surface area contributed by atoms with Gasteiger partial charge < -0.3 is 4.74 Å². The Balaban J connectivity index is 2.56. The van der Waals surface area contributed by atoms with E-state index in [1.54, 1.807) is 0 Å². The Hall–Kier alpha value is -0.790. The van der Waals surface area contributed by atoms with Crippen molar-refractivity contribution in [3.05, 3.63) is 11.6 Å². The molecule has 1 aliphatic rings. The standard InChI is InChI=1S/C13H22O2/c1-5-8-15-12(14)9-13(4)10(2)6-7-11(13)3/h6,11H,5,7-9H2,1-4H3. The second-order valence-corrected chi connectivity index (χ2v) is 4.84. The van der Waals surface area contributed by atoms with Gasteiger partial charge in [0.25, 0.3) is 0 Å². The second-order valence-electron chi connectivity index (χ2n) is 4.84. The third-order valence-corrected chi connectivity index (χ3v) is 3.74. The minimum absolute atomic E-state index is 0.0187. The van der Waals surface area contributed by atoms with Gasteiger partial charge in [0.15, 0.2) is 0 Å². The summed E-state index contributed by atoms with van der Waals surface area (Å²) in [6, 6.07) is 0. The van der Waals surface area contributed by atoms with Gasteiger partial charge in [-0.25, -0.2) is 0 Å². The van der Waals surface area contributed by atoms with Gasteiger partial charge in [0.2, 0.25) is 0 Å². The highest BCUT2D eigenvalue weighted by Crippen LogP contribution is 2.45. The molecule has 1 rings (SSSR count). The van der Waals surface area contributed by atoms with Crippen LogP contribution in [-0.4, -0.2) is 12.6 Å². The number of rotatable bonds is 4. The highest BCUT2D eigenvalue weighted by molar-refractivity contribution is 5.71. The van der Waals surface area contributed by atoms with Crippen LogP contribution in [0, 0.1) is 11.3 Å². The van der Waals surface area contributed by atoms with Crippen LogP contribution in [0.4, 0.5) is 0 Å². The van der Waals surface area contributed by atoms with Gasteiger partial charge >= 0.3 is 5.97 Å². The smallest absolute Gasteiger partial charge is 0.306 e. The van der Waals surface area contributed by atoms with E-state index in [4.69, 9.17) is 4.74 Å². The average molecular weight is 210 g/mol. The molecule has 2 heteroatoms. The van der Waals surface area contributed by atoms with Crippen molar-refractivity contribution in [2.24, 2.45) is 11.3 Å². The molecule has 0 fully saturated rings. The molecule has 0 aliphatic heterocycles. The van der Waals surface area contributed by atoms with E-state index >= 15 is 0 Å². The largest absolute Gasteiger partial charge is 0.466 e. The maximum absolute atomic E-state index is 11.6. The van der Waals surface area contributed by atoms with Gasteiger partial charge in [-0.15, -0.1) is 0 Å². The summed E-state index contributed by atoms with van der Waals surface area (Å²) in [6.45, 7) is 9.06. The highest BCUT2D eigenvalue weighted by Gasteiger charge is 2.38. The topological polar surface area (TPSA) is 26.3 Å². The van der Waals surface area contributed by atoms with Gasteiger partial charge in [0, 0.05) is 5.41 Å². The Morgan fingerprint density at radius 1 is 1.67 bits per heavy atom. The zero-order chi connectivity index (χ0) is 11.5. The van der Waals surface area contributed by atoms with Crippen LogP contribution in [0.25, 0.3) is 0 Å². The first kappa shape index (κ1) is 12.3. The summed E-state index contributed by atoms with van der Waals surface area (Å²) in [5, 5.41) is 0. The van der Waals surface area contributed by atoms with E-state index in [0.29, 0.717) is 18.9 Å². The molecule has 0 N–H and O–H groups in total. The van der Waals surface area contributed by atoms with Crippen molar-refractivity contribution in [3.63, 3.8) is 0 Å². The summed E-state index contributed by atoms with van der Waals surface area (Å²) >= 11 is 0. The molecule has 15 heavy (non-hydrogen) atoms. The van der Waals surface area contributed by atoms with Crippen LogP contribution in [-0.2, 0) is 9.53 Å². The van der Waals surface area contributed by atoms with Crippen LogP contribution in [0.2, 0.25) is 0 Å². The van der Waals surface area contributed by atoms with E-state index in [1.165, 1.54) is 5.57 Å². The molecule has 0 aromatic carbocycles. The molecule has 1 aliphatic carbocycles. The molecular weight excluding hydrogens is 188 g/mol. The average Bonchev–Trinajstić information content (AvgIpc) is 2.43. The first-order valence-electron chi connectivity index (χ1n) is 5.83. The van der Waals surface area contributed by atoms with Crippen LogP contribution >= 0.6 is 0 Å². The minimum atomic E-state index is -0.0548. The van der Waals surface area contributed by atoms with Crippen molar-refractivity contribution in [3.8, 4) is 0 Å². The van der Waals surface area contributed by atoms with Gasteiger partial charge in [0.05, 0.1) is 13.0 Å². The molecule has 86 valence electrons. The third-order valence-electron chi connectivity index (χ3n) is 3.74. The van der Waals surface area contributed by atoms with Gasteiger partial charge in [-0.2, -0.15) is 0 Å². The normalized spacial score (nSPS) is 30.1. The molecule has 0 aromatic heterocycles. The molecule has 2 nitrogen and oxygen atoms in total. The van der Waals surface area contributed by atoms with Crippen LogP contribution in [0.15, 0.2) is 11.6 Å². The van der Waals surface area contributed by atoms with Crippen LogP contribution in [0.1, 0.15) is 47.0 Å². The molecule has 0 radical (unpaired) electrons. The lowest BCUT2D eigenvalue weighted by atomic mass is 9.74. The predicted molar refractivity (Wildman–Crippen MR) is 61.5 cm³/mol. The molecule has 0 amide bonds. The Labute approximate surface area is 92.7 Å². The van der Waals surface area contributed by atoms with E-state index < -0.39 is 0 Å². The van der Waals surface area contributed by atoms with E-state index in [0.717, 1.165) is 12.8 Å². The SMILES string of the molecule is CCCOC(=O)CC1(C)C(C)=CCC1C. The summed E-state index contributed by atoms with van der Waals surface area (Å²) in [5.74, 6) is 0.493. The molecule has 2 atom stereocenters. The number of ether oxygens (including phenoxy) is 1. The molecular formula is C13H22O2. The summed E-state index contributed by atoms with van der Waals surface area (Å²) in [5.41, 5.74) is 1.36. The van der Waals surface area contributed by atoms with Crippen molar-refractivity contribution < 1.29 is 9.53 Å². The highest BCUT2D eigenvalue weighted by atomic mass is 16.5. The molecule has 0 spiro atoms. The maximum atomic E-state index is 11.6. The number of carbonyl (C=O) groups is 1. The van der Waals surface area contributed by atoms with Crippen molar-refractivity contribution in [2.75, 3.05) is 6.61 Å². The second kappa shape index (κ2) is 4.82. The van der Waals surface area contributed by atoms with Crippen molar-refractivity contribution in [1.82, 2.24) is 0 Å². The fraction of sp³-hybridized carbons (Fsp3) is 0.769. The molecule has 0 saturated carbocycles. The Kier molecular flexibility index (Phi) is 3.95. The molecule has 0 saturated heterocycles. The van der Waals surface area contributed by atoms with E-state index in [2.05, 4.69) is 26.8 Å². The number of esters is 1. The molecule has 0 heterocycles. The fourth-order valence-electron chi connectivity index (χ4n) is 2.12. The lowest BCUT2D eigenvalue weighted by Gasteiger charge is -2.30. The predicted octanol–water partition coefficient (Wildman–Crippen LogP) is 3.32. The quantitative estimate of drug-likeness (QED) is 0.525. The van der Waals surface area contributed by atoms with Crippen LogP contribution in [0.5, 0.6) is 0 Å². The Morgan fingerprint density at radius 2 is 2.33 bits per heavy atom. The maximum Gasteiger partial charge on any atom is 0.306 e.